The second-order valence-corrected chi connectivity index (χ2v) is 4.70. The van der Waals surface area contributed by atoms with E-state index in [4.69, 9.17) is 16.3 Å². The van der Waals surface area contributed by atoms with E-state index in [1.807, 2.05) is 6.92 Å². The SMILES string of the molecule is CCc1nc(Cl)c(C)c(Oc2ccc(C(F)(F)F)cc2)n1. The number of aryl methyl sites for hydroxylation is 1. The first-order valence-electron chi connectivity index (χ1n) is 6.19. The summed E-state index contributed by atoms with van der Waals surface area (Å²) in [4.78, 5) is 8.24. The molecule has 0 spiro atoms. The Kier molecular flexibility index (Phi) is 4.37. The maximum absolute atomic E-state index is 12.5. The molecule has 1 aromatic carbocycles. The molecule has 21 heavy (non-hydrogen) atoms. The first-order valence-corrected chi connectivity index (χ1v) is 6.57. The van der Waals surface area contributed by atoms with E-state index in [9.17, 15) is 13.2 Å². The van der Waals surface area contributed by atoms with E-state index in [0.717, 1.165) is 12.1 Å². The average molecular weight is 317 g/mol. The quantitative estimate of drug-likeness (QED) is 0.762. The van der Waals surface area contributed by atoms with Crippen molar-refractivity contribution in [2.45, 2.75) is 26.4 Å². The van der Waals surface area contributed by atoms with Crippen LogP contribution in [0, 0.1) is 6.92 Å². The molecule has 0 unspecified atom stereocenters. The first kappa shape index (κ1) is 15.6. The van der Waals surface area contributed by atoms with Gasteiger partial charge in [0, 0.05) is 12.0 Å². The van der Waals surface area contributed by atoms with Gasteiger partial charge in [-0.15, -0.1) is 0 Å². The van der Waals surface area contributed by atoms with Gasteiger partial charge in [-0.25, -0.2) is 4.98 Å². The molecule has 0 radical (unpaired) electrons. The average Bonchev–Trinajstić information content (AvgIpc) is 2.43. The Morgan fingerprint density at radius 3 is 2.29 bits per heavy atom. The molecular formula is C14H12ClF3N2O. The number of ether oxygens (including phenoxy) is 1. The number of halogens is 4. The maximum Gasteiger partial charge on any atom is 0.416 e. The molecule has 1 aromatic heterocycles. The minimum Gasteiger partial charge on any atom is -0.439 e. The molecule has 0 bridgehead atoms. The Bertz CT molecular complexity index is 642. The van der Waals surface area contributed by atoms with Gasteiger partial charge in [-0.05, 0) is 31.2 Å². The van der Waals surface area contributed by atoms with E-state index in [2.05, 4.69) is 9.97 Å². The molecule has 0 aliphatic heterocycles. The fourth-order valence-electron chi connectivity index (χ4n) is 1.59. The molecule has 0 saturated carbocycles. The molecule has 112 valence electrons. The van der Waals surface area contributed by atoms with Gasteiger partial charge in [-0.1, -0.05) is 18.5 Å². The van der Waals surface area contributed by atoms with Crippen molar-refractivity contribution >= 4 is 11.6 Å². The zero-order valence-corrected chi connectivity index (χ0v) is 12.1. The van der Waals surface area contributed by atoms with Gasteiger partial charge in [0.2, 0.25) is 5.88 Å². The number of hydrogen-bond acceptors (Lipinski definition) is 3. The molecule has 7 heteroatoms. The van der Waals surface area contributed by atoms with Gasteiger partial charge in [-0.2, -0.15) is 18.2 Å². The lowest BCUT2D eigenvalue weighted by Crippen LogP contribution is -2.04. The Morgan fingerprint density at radius 1 is 1.14 bits per heavy atom. The Hall–Kier alpha value is -1.82. The van der Waals surface area contributed by atoms with Crippen LogP contribution in [0.25, 0.3) is 0 Å². The van der Waals surface area contributed by atoms with Crippen LogP contribution in [0.4, 0.5) is 13.2 Å². The van der Waals surface area contributed by atoms with E-state index in [-0.39, 0.29) is 16.8 Å². The smallest absolute Gasteiger partial charge is 0.416 e. The van der Waals surface area contributed by atoms with Crippen molar-refractivity contribution in [1.29, 1.82) is 0 Å². The minimum absolute atomic E-state index is 0.242. The highest BCUT2D eigenvalue weighted by atomic mass is 35.5. The number of rotatable bonds is 3. The fourth-order valence-corrected chi connectivity index (χ4v) is 1.77. The zero-order chi connectivity index (χ0) is 15.6. The van der Waals surface area contributed by atoms with E-state index < -0.39 is 11.7 Å². The summed E-state index contributed by atoms with van der Waals surface area (Å²) in [5, 5.41) is 0.267. The van der Waals surface area contributed by atoms with Crippen LogP contribution in [-0.4, -0.2) is 9.97 Å². The van der Waals surface area contributed by atoms with Gasteiger partial charge >= 0.3 is 6.18 Å². The largest absolute Gasteiger partial charge is 0.439 e. The number of hydrogen-bond donors (Lipinski definition) is 0. The Balaban J connectivity index is 2.28. The normalized spacial score (nSPS) is 11.5. The topological polar surface area (TPSA) is 35.0 Å². The summed E-state index contributed by atoms with van der Waals surface area (Å²) in [5.74, 6) is 1.00. The molecule has 0 saturated heterocycles. The van der Waals surface area contributed by atoms with E-state index in [1.165, 1.54) is 12.1 Å². The van der Waals surface area contributed by atoms with Gasteiger partial charge < -0.3 is 4.74 Å². The van der Waals surface area contributed by atoms with Crippen LogP contribution in [0.2, 0.25) is 5.15 Å². The van der Waals surface area contributed by atoms with Crippen molar-refractivity contribution < 1.29 is 17.9 Å². The van der Waals surface area contributed by atoms with Gasteiger partial charge in [-0.3, -0.25) is 0 Å². The molecule has 2 rings (SSSR count). The van der Waals surface area contributed by atoms with Gasteiger partial charge in [0.25, 0.3) is 0 Å². The molecule has 3 nitrogen and oxygen atoms in total. The summed E-state index contributed by atoms with van der Waals surface area (Å²) in [7, 11) is 0. The van der Waals surface area contributed by atoms with Crippen LogP contribution in [0.3, 0.4) is 0 Å². The molecule has 0 fully saturated rings. The van der Waals surface area contributed by atoms with E-state index >= 15 is 0 Å². The number of benzene rings is 1. The summed E-state index contributed by atoms with van der Waals surface area (Å²) >= 11 is 5.97. The predicted octanol–water partition coefficient (Wildman–Crippen LogP) is 4.81. The highest BCUT2D eigenvalue weighted by Gasteiger charge is 2.30. The number of nitrogens with zero attached hydrogens (tertiary/aromatic N) is 2. The summed E-state index contributed by atoms with van der Waals surface area (Å²) in [6.45, 7) is 3.55. The van der Waals surface area contributed by atoms with Crippen molar-refractivity contribution in [1.82, 2.24) is 9.97 Å². The molecule has 0 amide bonds. The third kappa shape index (κ3) is 3.64. The monoisotopic (exact) mass is 316 g/mol. The highest BCUT2D eigenvalue weighted by molar-refractivity contribution is 6.30. The maximum atomic E-state index is 12.5. The molecule has 0 N–H and O–H groups in total. The fraction of sp³-hybridized carbons (Fsp3) is 0.286. The summed E-state index contributed by atoms with van der Waals surface area (Å²) in [6.07, 6.45) is -3.80. The molecular weight excluding hydrogens is 305 g/mol. The number of aromatic nitrogens is 2. The standard InChI is InChI=1S/C14H12ClF3N2O/c1-3-11-19-12(15)8(2)13(20-11)21-10-6-4-9(5-7-10)14(16,17)18/h4-7H,3H2,1-2H3. The Labute approximate surface area is 124 Å². The van der Waals surface area contributed by atoms with Crippen LogP contribution >= 0.6 is 11.6 Å². The molecule has 0 atom stereocenters. The zero-order valence-electron chi connectivity index (χ0n) is 11.3. The lowest BCUT2D eigenvalue weighted by atomic mass is 10.2. The molecule has 1 heterocycles. The summed E-state index contributed by atoms with van der Waals surface area (Å²) in [6, 6.07) is 4.39. The van der Waals surface area contributed by atoms with Crippen LogP contribution in [0.5, 0.6) is 11.6 Å². The molecule has 2 aromatic rings. The van der Waals surface area contributed by atoms with Gasteiger partial charge in [0.1, 0.15) is 16.7 Å². The minimum atomic E-state index is -4.37. The Morgan fingerprint density at radius 2 is 1.76 bits per heavy atom. The van der Waals surface area contributed by atoms with Crippen molar-refractivity contribution in [3.8, 4) is 11.6 Å². The van der Waals surface area contributed by atoms with Crippen molar-refractivity contribution in [3.63, 3.8) is 0 Å². The molecule has 0 aliphatic carbocycles. The lowest BCUT2D eigenvalue weighted by Gasteiger charge is -2.11. The second kappa shape index (κ2) is 5.89. The first-order chi connectivity index (χ1) is 9.81. The van der Waals surface area contributed by atoms with Crippen LogP contribution in [0.15, 0.2) is 24.3 Å². The van der Waals surface area contributed by atoms with Crippen LogP contribution < -0.4 is 4.74 Å². The lowest BCUT2D eigenvalue weighted by molar-refractivity contribution is -0.137. The van der Waals surface area contributed by atoms with Crippen molar-refractivity contribution in [2.75, 3.05) is 0 Å². The van der Waals surface area contributed by atoms with Crippen molar-refractivity contribution in [3.05, 3.63) is 46.4 Å². The second-order valence-electron chi connectivity index (χ2n) is 4.34. The van der Waals surface area contributed by atoms with E-state index in [1.54, 1.807) is 6.92 Å². The highest BCUT2D eigenvalue weighted by Crippen LogP contribution is 2.32. The van der Waals surface area contributed by atoms with Crippen LogP contribution in [-0.2, 0) is 12.6 Å². The van der Waals surface area contributed by atoms with Gasteiger partial charge in [0.05, 0.1) is 5.56 Å². The number of alkyl halides is 3. The van der Waals surface area contributed by atoms with E-state index in [0.29, 0.717) is 17.8 Å². The predicted molar refractivity (Wildman–Crippen MR) is 72.7 cm³/mol. The van der Waals surface area contributed by atoms with Gasteiger partial charge in [0.15, 0.2) is 0 Å². The summed E-state index contributed by atoms with van der Waals surface area (Å²) in [5.41, 5.74) is -0.199. The third-order valence-electron chi connectivity index (χ3n) is 2.80. The third-order valence-corrected chi connectivity index (χ3v) is 3.17. The molecule has 0 aliphatic rings. The van der Waals surface area contributed by atoms with Crippen molar-refractivity contribution in [2.24, 2.45) is 0 Å². The van der Waals surface area contributed by atoms with Crippen LogP contribution in [0.1, 0.15) is 23.9 Å². The summed E-state index contributed by atoms with van der Waals surface area (Å²) < 4.78 is 42.9.